The second kappa shape index (κ2) is 7.19. The summed E-state index contributed by atoms with van der Waals surface area (Å²) in [5, 5.41) is 0.981. The number of fused-ring (bicyclic) bond motifs is 1. The zero-order valence-corrected chi connectivity index (χ0v) is 16.0. The number of amides is 2. The molecule has 2 aliphatic heterocycles. The molecule has 7 nitrogen and oxygen atoms in total. The summed E-state index contributed by atoms with van der Waals surface area (Å²) in [5.74, 6) is 0.142. The fraction of sp³-hybridized carbons (Fsp3) is 0.444. The molecule has 0 unspecified atom stereocenters. The van der Waals surface area contributed by atoms with Crippen molar-refractivity contribution in [2.45, 2.75) is 12.8 Å². The number of nitrogens with zero attached hydrogens (tertiary/aromatic N) is 5. The summed E-state index contributed by atoms with van der Waals surface area (Å²) in [6.07, 6.45) is 3.55. The molecule has 4 rings (SSSR count). The van der Waals surface area contributed by atoms with Gasteiger partial charge in [0.15, 0.2) is 0 Å². The molecule has 2 aliphatic rings. The lowest BCUT2D eigenvalue weighted by atomic mass is 10.2. The summed E-state index contributed by atoms with van der Waals surface area (Å²) < 4.78 is 0.978. The second-order valence-corrected chi connectivity index (χ2v) is 7.55. The van der Waals surface area contributed by atoms with Gasteiger partial charge in [-0.05, 0) is 31.0 Å². The largest absolute Gasteiger partial charge is 0.352 e. The van der Waals surface area contributed by atoms with Gasteiger partial charge in [-0.3, -0.25) is 9.59 Å². The third-order valence-corrected chi connectivity index (χ3v) is 5.51. The number of carbonyl (C=O) groups is 2. The van der Waals surface area contributed by atoms with Gasteiger partial charge >= 0.3 is 11.8 Å². The van der Waals surface area contributed by atoms with Gasteiger partial charge in [0.05, 0.1) is 5.52 Å². The van der Waals surface area contributed by atoms with Gasteiger partial charge in [0.2, 0.25) is 0 Å². The van der Waals surface area contributed by atoms with E-state index in [-0.39, 0.29) is 11.8 Å². The normalized spacial score (nSPS) is 17.8. The van der Waals surface area contributed by atoms with E-state index in [4.69, 9.17) is 0 Å². The maximum absolute atomic E-state index is 12.5. The molecule has 1 aromatic carbocycles. The van der Waals surface area contributed by atoms with Crippen molar-refractivity contribution < 1.29 is 9.59 Å². The van der Waals surface area contributed by atoms with Gasteiger partial charge in [0.25, 0.3) is 0 Å². The van der Waals surface area contributed by atoms with E-state index in [1.807, 2.05) is 18.2 Å². The Morgan fingerprint density at radius 2 is 1.54 bits per heavy atom. The number of hydrogen-bond donors (Lipinski definition) is 0. The lowest BCUT2D eigenvalue weighted by Gasteiger charge is -2.35. The SMILES string of the molecule is O=C(C(=O)N1CCN(c2ncnc3ccc(Br)cc23)CC1)N1CCCC1. The van der Waals surface area contributed by atoms with Crippen LogP contribution in [0.25, 0.3) is 10.9 Å². The molecule has 0 aliphatic carbocycles. The summed E-state index contributed by atoms with van der Waals surface area (Å²) in [6.45, 7) is 3.75. The number of aromatic nitrogens is 2. The van der Waals surface area contributed by atoms with E-state index >= 15 is 0 Å². The van der Waals surface area contributed by atoms with E-state index in [1.165, 1.54) is 0 Å². The number of halogens is 1. The molecule has 0 radical (unpaired) electrons. The van der Waals surface area contributed by atoms with Crippen molar-refractivity contribution in [1.82, 2.24) is 19.8 Å². The van der Waals surface area contributed by atoms with Crippen molar-refractivity contribution in [1.29, 1.82) is 0 Å². The quantitative estimate of drug-likeness (QED) is 0.659. The van der Waals surface area contributed by atoms with Crippen LogP contribution in [0, 0.1) is 0 Å². The highest BCUT2D eigenvalue weighted by atomic mass is 79.9. The minimum Gasteiger partial charge on any atom is -0.352 e. The Kier molecular flexibility index (Phi) is 4.76. The van der Waals surface area contributed by atoms with Crippen LogP contribution in [0.1, 0.15) is 12.8 Å². The Balaban J connectivity index is 1.46. The molecular weight excluding hydrogens is 398 g/mol. The zero-order valence-electron chi connectivity index (χ0n) is 14.4. The van der Waals surface area contributed by atoms with Gasteiger partial charge < -0.3 is 14.7 Å². The highest BCUT2D eigenvalue weighted by Crippen LogP contribution is 2.26. The first-order valence-electron chi connectivity index (χ1n) is 8.87. The molecular formula is C18H20BrN5O2. The van der Waals surface area contributed by atoms with Gasteiger partial charge in [-0.2, -0.15) is 0 Å². The molecule has 0 atom stereocenters. The number of anilines is 1. The summed E-state index contributed by atoms with van der Waals surface area (Å²) in [5.41, 5.74) is 0.890. The average Bonchev–Trinajstić information content (AvgIpc) is 3.21. The molecule has 1 aromatic heterocycles. The minimum absolute atomic E-state index is 0.354. The number of likely N-dealkylation sites (tertiary alicyclic amines) is 1. The number of hydrogen-bond acceptors (Lipinski definition) is 5. The lowest BCUT2D eigenvalue weighted by molar-refractivity contribution is -0.151. The van der Waals surface area contributed by atoms with E-state index in [2.05, 4.69) is 30.8 Å². The Bertz CT molecular complexity index is 845. The molecule has 8 heteroatoms. The topological polar surface area (TPSA) is 69.6 Å². The predicted molar refractivity (Wildman–Crippen MR) is 102 cm³/mol. The molecule has 2 fully saturated rings. The second-order valence-electron chi connectivity index (χ2n) is 6.64. The predicted octanol–water partition coefficient (Wildman–Crippen LogP) is 1.66. The van der Waals surface area contributed by atoms with Crippen LogP contribution in [-0.2, 0) is 9.59 Å². The molecule has 26 heavy (non-hydrogen) atoms. The molecule has 0 saturated carbocycles. The van der Waals surface area contributed by atoms with Crippen LogP contribution in [0.5, 0.6) is 0 Å². The monoisotopic (exact) mass is 417 g/mol. The first-order chi connectivity index (χ1) is 12.6. The van der Waals surface area contributed by atoms with E-state index < -0.39 is 0 Å². The molecule has 2 amide bonds. The van der Waals surface area contributed by atoms with Crippen LogP contribution in [0.3, 0.4) is 0 Å². The van der Waals surface area contributed by atoms with Crippen LogP contribution >= 0.6 is 15.9 Å². The van der Waals surface area contributed by atoms with Gasteiger partial charge in [-0.25, -0.2) is 9.97 Å². The highest BCUT2D eigenvalue weighted by Gasteiger charge is 2.31. The number of rotatable bonds is 1. The molecule has 2 saturated heterocycles. The van der Waals surface area contributed by atoms with Gasteiger partial charge in [0, 0.05) is 49.1 Å². The molecule has 0 spiro atoms. The minimum atomic E-state index is -0.373. The molecule has 0 N–H and O–H groups in total. The maximum atomic E-state index is 12.5. The maximum Gasteiger partial charge on any atom is 0.312 e. The van der Waals surface area contributed by atoms with E-state index in [9.17, 15) is 9.59 Å². The van der Waals surface area contributed by atoms with Crippen LogP contribution in [0.15, 0.2) is 29.0 Å². The van der Waals surface area contributed by atoms with Crippen LogP contribution in [0.4, 0.5) is 5.82 Å². The Morgan fingerprint density at radius 1 is 0.885 bits per heavy atom. The van der Waals surface area contributed by atoms with Crippen molar-refractivity contribution in [3.63, 3.8) is 0 Å². The fourth-order valence-electron chi connectivity index (χ4n) is 3.58. The van der Waals surface area contributed by atoms with E-state index in [1.54, 1.807) is 16.1 Å². The van der Waals surface area contributed by atoms with Gasteiger partial charge in [-0.1, -0.05) is 15.9 Å². The van der Waals surface area contributed by atoms with Crippen molar-refractivity contribution >= 4 is 44.5 Å². The zero-order chi connectivity index (χ0) is 18.1. The number of piperazine rings is 1. The van der Waals surface area contributed by atoms with Crippen LogP contribution in [0.2, 0.25) is 0 Å². The summed E-state index contributed by atoms with van der Waals surface area (Å²) in [7, 11) is 0. The molecule has 3 heterocycles. The first-order valence-corrected chi connectivity index (χ1v) is 9.66. The third kappa shape index (κ3) is 3.25. The van der Waals surface area contributed by atoms with Gasteiger partial charge in [0.1, 0.15) is 12.1 Å². The summed E-state index contributed by atoms with van der Waals surface area (Å²) in [6, 6.07) is 5.93. The Labute approximate surface area is 160 Å². The third-order valence-electron chi connectivity index (χ3n) is 5.02. The molecule has 2 aromatic rings. The number of carbonyl (C=O) groups excluding carboxylic acids is 2. The van der Waals surface area contributed by atoms with Crippen LogP contribution in [-0.4, -0.2) is 70.9 Å². The van der Waals surface area contributed by atoms with Gasteiger partial charge in [-0.15, -0.1) is 0 Å². The van der Waals surface area contributed by atoms with Crippen LogP contribution < -0.4 is 4.90 Å². The number of benzene rings is 1. The smallest absolute Gasteiger partial charge is 0.312 e. The molecule has 136 valence electrons. The lowest BCUT2D eigenvalue weighted by Crippen LogP contribution is -2.53. The molecule has 0 bridgehead atoms. The van der Waals surface area contributed by atoms with Crippen molar-refractivity contribution in [2.75, 3.05) is 44.2 Å². The standard InChI is InChI=1S/C18H20BrN5O2/c19-13-3-4-15-14(11-13)16(21-12-20-15)22-7-9-24(10-8-22)18(26)17(25)23-5-1-2-6-23/h3-4,11-12H,1-2,5-10H2. The van der Waals surface area contributed by atoms with E-state index in [0.717, 1.165) is 34.0 Å². The van der Waals surface area contributed by atoms with E-state index in [0.29, 0.717) is 39.3 Å². The fourth-order valence-corrected chi connectivity index (χ4v) is 3.94. The Hall–Kier alpha value is -2.22. The highest BCUT2D eigenvalue weighted by molar-refractivity contribution is 9.10. The Morgan fingerprint density at radius 3 is 2.23 bits per heavy atom. The van der Waals surface area contributed by atoms with Crippen molar-refractivity contribution in [2.24, 2.45) is 0 Å². The first kappa shape index (κ1) is 17.2. The van der Waals surface area contributed by atoms with Crippen molar-refractivity contribution in [3.8, 4) is 0 Å². The van der Waals surface area contributed by atoms with Crippen molar-refractivity contribution in [3.05, 3.63) is 29.0 Å². The summed E-state index contributed by atoms with van der Waals surface area (Å²) in [4.78, 5) is 39.0. The average molecular weight is 418 g/mol. The summed E-state index contributed by atoms with van der Waals surface area (Å²) >= 11 is 3.50.